The minimum Gasteiger partial charge on any atom is -0.469 e. The largest absolute Gasteiger partial charge is 0.469 e. The number of ketones is 1. The summed E-state index contributed by atoms with van der Waals surface area (Å²) >= 11 is 1.60. The molecule has 0 spiro atoms. The molecule has 1 heterocycles. The molecular formula is C42H75NO7SSi2. The second-order valence-corrected chi connectivity index (χ2v) is 27.8. The SMILES string of the molecule is CC[Si](CC)(CC)OC(C(C)CCC/C(C)=C/CC(OC(C)=O)/C(C)=C/c1csc(C)n1)C(C)C(=O)C(C)(C)C(CC(=O)OC)O[Si](C)(C)C(C)(C)C. The van der Waals surface area contributed by atoms with Gasteiger partial charge in [0.1, 0.15) is 11.9 Å². The molecule has 0 N–H and O–H groups in total. The van der Waals surface area contributed by atoms with E-state index < -0.39 is 34.1 Å². The lowest BCUT2D eigenvalue weighted by Gasteiger charge is -2.45. The summed E-state index contributed by atoms with van der Waals surface area (Å²) in [6.07, 6.45) is 6.32. The molecule has 0 saturated carbocycles. The number of ether oxygens (including phenoxy) is 2. The molecule has 1 aromatic rings. The van der Waals surface area contributed by atoms with E-state index in [4.69, 9.17) is 18.3 Å². The Kier molecular flexibility index (Phi) is 19.8. The van der Waals surface area contributed by atoms with E-state index in [0.717, 1.165) is 53.7 Å². The molecule has 5 atom stereocenters. The molecule has 53 heavy (non-hydrogen) atoms. The summed E-state index contributed by atoms with van der Waals surface area (Å²) in [5.41, 5.74) is 2.14. The first-order valence-corrected chi connectivity index (χ1v) is 26.1. The number of esters is 2. The van der Waals surface area contributed by atoms with Crippen molar-refractivity contribution in [2.24, 2.45) is 17.3 Å². The maximum absolute atomic E-state index is 14.8. The van der Waals surface area contributed by atoms with Crippen molar-refractivity contribution in [2.75, 3.05) is 7.11 Å². The van der Waals surface area contributed by atoms with E-state index in [0.29, 0.717) is 6.42 Å². The summed E-state index contributed by atoms with van der Waals surface area (Å²) in [5.74, 6) is -0.866. The molecule has 0 amide bonds. The van der Waals surface area contributed by atoms with E-state index in [1.165, 1.54) is 19.6 Å². The Morgan fingerprint density at radius 1 is 0.962 bits per heavy atom. The third-order valence-corrected chi connectivity index (χ3v) is 21.7. The van der Waals surface area contributed by atoms with Gasteiger partial charge in [-0.25, -0.2) is 4.98 Å². The third-order valence-electron chi connectivity index (χ3n) is 11.8. The Bertz CT molecular complexity index is 1380. The predicted molar refractivity (Wildman–Crippen MR) is 226 cm³/mol. The van der Waals surface area contributed by atoms with Crippen LogP contribution in [0, 0.1) is 24.2 Å². The van der Waals surface area contributed by atoms with Gasteiger partial charge in [-0.3, -0.25) is 14.4 Å². The molecule has 0 aromatic carbocycles. The van der Waals surface area contributed by atoms with Crippen LogP contribution in [0.1, 0.15) is 133 Å². The number of aryl methyl sites for hydroxylation is 1. The average molecular weight is 794 g/mol. The van der Waals surface area contributed by atoms with Gasteiger partial charge in [0.25, 0.3) is 0 Å². The van der Waals surface area contributed by atoms with Gasteiger partial charge < -0.3 is 18.3 Å². The molecule has 0 radical (unpaired) electrons. The van der Waals surface area contributed by atoms with Crippen LogP contribution in [0.25, 0.3) is 6.08 Å². The number of nitrogens with zero attached hydrogens (tertiary/aromatic N) is 1. The average Bonchev–Trinajstić information content (AvgIpc) is 3.49. The van der Waals surface area contributed by atoms with Crippen LogP contribution in [0.4, 0.5) is 0 Å². The Hall–Kier alpha value is -1.93. The minimum atomic E-state index is -2.34. The molecule has 304 valence electrons. The van der Waals surface area contributed by atoms with Gasteiger partial charge in [0, 0.05) is 30.1 Å². The van der Waals surface area contributed by atoms with E-state index in [9.17, 15) is 14.4 Å². The van der Waals surface area contributed by atoms with Crippen molar-refractivity contribution in [3.8, 4) is 0 Å². The van der Waals surface area contributed by atoms with Crippen molar-refractivity contribution in [2.45, 2.75) is 184 Å². The molecule has 0 aliphatic heterocycles. The van der Waals surface area contributed by atoms with E-state index >= 15 is 0 Å². The lowest BCUT2D eigenvalue weighted by Crippen LogP contribution is -2.54. The molecule has 0 saturated heterocycles. The van der Waals surface area contributed by atoms with Gasteiger partial charge in [-0.2, -0.15) is 0 Å². The zero-order valence-corrected chi connectivity index (χ0v) is 39.3. The van der Waals surface area contributed by atoms with E-state index in [1.807, 2.05) is 46.1 Å². The molecule has 0 bridgehead atoms. The van der Waals surface area contributed by atoms with Crippen molar-refractivity contribution in [3.05, 3.63) is 33.3 Å². The number of methoxy groups -OCH3 is 1. The van der Waals surface area contributed by atoms with E-state index in [-0.39, 0.29) is 47.3 Å². The number of carbonyl (C=O) groups excluding carboxylic acids is 3. The van der Waals surface area contributed by atoms with Crippen molar-refractivity contribution < 1.29 is 32.7 Å². The maximum atomic E-state index is 14.8. The number of Topliss-reactive ketones (excluding diaryl/α,β-unsaturated/α-hetero) is 1. The summed E-state index contributed by atoms with van der Waals surface area (Å²) < 4.78 is 24.9. The smallest absolute Gasteiger partial charge is 0.308 e. The Morgan fingerprint density at radius 3 is 2.02 bits per heavy atom. The van der Waals surface area contributed by atoms with Gasteiger partial charge in [-0.05, 0) is 93.9 Å². The number of aromatic nitrogens is 1. The second kappa shape index (κ2) is 21.4. The minimum absolute atomic E-state index is 0.0247. The Morgan fingerprint density at radius 2 is 1.55 bits per heavy atom. The number of rotatable bonds is 23. The zero-order chi connectivity index (χ0) is 40.9. The fraction of sp³-hybridized carbons (Fsp3) is 0.762. The lowest BCUT2D eigenvalue weighted by molar-refractivity contribution is -0.148. The van der Waals surface area contributed by atoms with Gasteiger partial charge in [0.05, 0.1) is 36.4 Å². The van der Waals surface area contributed by atoms with Gasteiger partial charge in [-0.1, -0.05) is 80.9 Å². The van der Waals surface area contributed by atoms with E-state index in [2.05, 4.69) is 79.5 Å². The van der Waals surface area contributed by atoms with Crippen LogP contribution in [0.3, 0.4) is 0 Å². The molecule has 11 heteroatoms. The highest BCUT2D eigenvalue weighted by molar-refractivity contribution is 7.09. The summed E-state index contributed by atoms with van der Waals surface area (Å²) in [4.78, 5) is 43.9. The predicted octanol–water partition coefficient (Wildman–Crippen LogP) is 11.5. The Balaban J connectivity index is 3.31. The fourth-order valence-electron chi connectivity index (χ4n) is 6.68. The number of hydrogen-bond donors (Lipinski definition) is 0. The molecule has 8 nitrogen and oxygen atoms in total. The van der Waals surface area contributed by atoms with Crippen LogP contribution >= 0.6 is 11.3 Å². The second-order valence-electron chi connectivity index (χ2n) is 17.3. The first-order valence-electron chi connectivity index (χ1n) is 19.8. The van der Waals surface area contributed by atoms with Crippen LogP contribution in [-0.4, -0.2) is 64.8 Å². The maximum Gasteiger partial charge on any atom is 0.308 e. The van der Waals surface area contributed by atoms with Crippen molar-refractivity contribution >= 4 is 51.8 Å². The fourth-order valence-corrected chi connectivity index (χ4v) is 11.7. The number of hydrogen-bond acceptors (Lipinski definition) is 9. The monoisotopic (exact) mass is 793 g/mol. The molecule has 0 aliphatic rings. The van der Waals surface area contributed by atoms with Crippen molar-refractivity contribution in [1.82, 2.24) is 4.98 Å². The van der Waals surface area contributed by atoms with E-state index in [1.54, 1.807) is 11.3 Å². The highest BCUT2D eigenvalue weighted by Gasteiger charge is 2.49. The van der Waals surface area contributed by atoms with Gasteiger partial charge in [0.2, 0.25) is 0 Å². The van der Waals surface area contributed by atoms with Crippen LogP contribution in [0.5, 0.6) is 0 Å². The van der Waals surface area contributed by atoms with Crippen molar-refractivity contribution in [1.29, 1.82) is 0 Å². The first-order chi connectivity index (χ1) is 24.4. The molecular weight excluding hydrogens is 719 g/mol. The number of thiazole rings is 1. The highest BCUT2D eigenvalue weighted by atomic mass is 32.1. The highest BCUT2D eigenvalue weighted by Crippen LogP contribution is 2.43. The summed E-state index contributed by atoms with van der Waals surface area (Å²) in [6.45, 7) is 33.2. The third kappa shape index (κ3) is 14.9. The first kappa shape index (κ1) is 49.1. The van der Waals surface area contributed by atoms with Crippen molar-refractivity contribution in [3.63, 3.8) is 0 Å². The summed E-state index contributed by atoms with van der Waals surface area (Å²) in [6, 6.07) is 2.98. The van der Waals surface area contributed by atoms with Crippen LogP contribution in [0.15, 0.2) is 22.6 Å². The lowest BCUT2D eigenvalue weighted by atomic mass is 9.73. The number of allylic oxidation sites excluding steroid dienone is 1. The van der Waals surface area contributed by atoms with Gasteiger partial charge in [-0.15, -0.1) is 11.3 Å². The number of carbonyl (C=O) groups is 3. The normalized spacial score (nSPS) is 16.5. The van der Waals surface area contributed by atoms with Crippen LogP contribution in [0.2, 0.25) is 36.3 Å². The molecule has 1 aromatic heterocycles. The standard InChI is InChI=1S/C42H75NO7SSi2/c1-18-53(19-2,20-3)50-39(32(7)40(46)42(13,14)37(27-38(45)47-15)49-52(16,17)41(10,11)12)30(5)23-21-22-29(4)24-25-36(48-34(9)44)31(6)26-35-28-51-33(8)43-35/h24,26,28,30,32,36-37,39H,18-23,25,27H2,1-17H3/b29-24+,31-26+. The summed E-state index contributed by atoms with van der Waals surface area (Å²) in [7, 11) is -3.03. The molecule has 5 unspecified atom stereocenters. The van der Waals surface area contributed by atoms with Gasteiger partial charge >= 0.3 is 11.9 Å². The quantitative estimate of drug-likeness (QED) is 0.0613. The Labute approximate surface area is 329 Å². The topological polar surface area (TPSA) is 101 Å². The molecule has 1 rings (SSSR count). The molecule has 0 aliphatic carbocycles. The van der Waals surface area contributed by atoms with Crippen LogP contribution in [-0.2, 0) is 32.7 Å². The van der Waals surface area contributed by atoms with Gasteiger partial charge in [0.15, 0.2) is 16.6 Å². The summed E-state index contributed by atoms with van der Waals surface area (Å²) in [5, 5.41) is 2.92. The zero-order valence-electron chi connectivity index (χ0n) is 36.5. The molecule has 0 fully saturated rings. The van der Waals surface area contributed by atoms with Crippen LogP contribution < -0.4 is 0 Å².